The molecular formula is C13H11FN2O. The summed E-state index contributed by atoms with van der Waals surface area (Å²) in [5, 5.41) is 0. The van der Waals surface area contributed by atoms with E-state index in [4.69, 9.17) is 0 Å². The highest BCUT2D eigenvalue weighted by Gasteiger charge is 2.08. The molecule has 2 rings (SSSR count). The number of nitrogens with zero attached hydrogens (tertiary/aromatic N) is 2. The highest BCUT2D eigenvalue weighted by molar-refractivity contribution is 5.73. The molecule has 0 bridgehead atoms. The van der Waals surface area contributed by atoms with Crippen LogP contribution in [0.15, 0.2) is 24.3 Å². The SMILES string of the molecule is Cc1cc(C=O)nc(-c2cc(F)ccc2C)n1. The number of benzene rings is 1. The summed E-state index contributed by atoms with van der Waals surface area (Å²) in [5.41, 5.74) is 2.46. The van der Waals surface area contributed by atoms with Crippen LogP contribution in [0, 0.1) is 19.7 Å². The second kappa shape index (κ2) is 4.41. The number of rotatable bonds is 2. The van der Waals surface area contributed by atoms with Crippen molar-refractivity contribution < 1.29 is 9.18 Å². The van der Waals surface area contributed by atoms with Crippen molar-refractivity contribution in [1.82, 2.24) is 9.97 Å². The summed E-state index contributed by atoms with van der Waals surface area (Å²) in [6.45, 7) is 3.62. The van der Waals surface area contributed by atoms with Crippen molar-refractivity contribution in [1.29, 1.82) is 0 Å². The summed E-state index contributed by atoms with van der Waals surface area (Å²) >= 11 is 0. The third-order valence-electron chi connectivity index (χ3n) is 2.44. The van der Waals surface area contributed by atoms with Crippen molar-refractivity contribution in [2.75, 3.05) is 0 Å². The van der Waals surface area contributed by atoms with E-state index in [2.05, 4.69) is 9.97 Å². The number of carbonyl (C=O) groups is 1. The van der Waals surface area contributed by atoms with E-state index in [0.29, 0.717) is 29.1 Å². The number of halogens is 1. The van der Waals surface area contributed by atoms with Crippen molar-refractivity contribution in [3.63, 3.8) is 0 Å². The maximum Gasteiger partial charge on any atom is 0.168 e. The van der Waals surface area contributed by atoms with Crippen molar-refractivity contribution in [3.05, 3.63) is 47.0 Å². The van der Waals surface area contributed by atoms with Gasteiger partial charge in [-0.2, -0.15) is 0 Å². The van der Waals surface area contributed by atoms with Crippen LogP contribution in [0.5, 0.6) is 0 Å². The fourth-order valence-electron chi connectivity index (χ4n) is 1.61. The lowest BCUT2D eigenvalue weighted by Gasteiger charge is -2.06. The minimum atomic E-state index is -0.344. The van der Waals surface area contributed by atoms with Gasteiger partial charge in [0, 0.05) is 11.3 Å². The van der Waals surface area contributed by atoms with Gasteiger partial charge in [0.15, 0.2) is 12.1 Å². The van der Waals surface area contributed by atoms with Crippen molar-refractivity contribution in [2.45, 2.75) is 13.8 Å². The molecule has 1 heterocycles. The van der Waals surface area contributed by atoms with E-state index in [1.165, 1.54) is 12.1 Å². The molecule has 0 N–H and O–H groups in total. The minimum Gasteiger partial charge on any atom is -0.296 e. The van der Waals surface area contributed by atoms with Crippen molar-refractivity contribution in [3.8, 4) is 11.4 Å². The third-order valence-corrected chi connectivity index (χ3v) is 2.44. The van der Waals surface area contributed by atoms with Gasteiger partial charge < -0.3 is 0 Å². The van der Waals surface area contributed by atoms with E-state index in [0.717, 1.165) is 5.56 Å². The Morgan fingerprint density at radius 2 is 1.94 bits per heavy atom. The largest absolute Gasteiger partial charge is 0.296 e. The molecule has 3 nitrogen and oxygen atoms in total. The molecule has 1 aromatic carbocycles. The fraction of sp³-hybridized carbons (Fsp3) is 0.154. The molecule has 4 heteroatoms. The van der Waals surface area contributed by atoms with Gasteiger partial charge in [0.2, 0.25) is 0 Å². The molecule has 0 fully saturated rings. The maximum absolute atomic E-state index is 13.2. The van der Waals surface area contributed by atoms with Gasteiger partial charge >= 0.3 is 0 Å². The van der Waals surface area contributed by atoms with Crippen LogP contribution in [0.25, 0.3) is 11.4 Å². The Morgan fingerprint density at radius 3 is 2.65 bits per heavy atom. The summed E-state index contributed by atoms with van der Waals surface area (Å²) in [5.74, 6) is 0.0347. The second-order valence-electron chi connectivity index (χ2n) is 3.83. The lowest BCUT2D eigenvalue weighted by Crippen LogP contribution is -1.98. The first-order valence-corrected chi connectivity index (χ1v) is 5.17. The number of aryl methyl sites for hydroxylation is 2. The van der Waals surface area contributed by atoms with Crippen LogP contribution in [0.4, 0.5) is 4.39 Å². The first kappa shape index (κ1) is 11.4. The molecule has 0 amide bonds. The average Bonchev–Trinajstić information content (AvgIpc) is 2.31. The van der Waals surface area contributed by atoms with Crippen LogP contribution < -0.4 is 0 Å². The fourth-order valence-corrected chi connectivity index (χ4v) is 1.61. The van der Waals surface area contributed by atoms with Crippen LogP contribution in [0.2, 0.25) is 0 Å². The average molecular weight is 230 g/mol. The molecule has 1 aromatic heterocycles. The number of carbonyl (C=O) groups excluding carboxylic acids is 1. The van der Waals surface area contributed by atoms with Crippen molar-refractivity contribution >= 4 is 6.29 Å². The molecule has 0 unspecified atom stereocenters. The lowest BCUT2D eigenvalue weighted by atomic mass is 10.1. The van der Waals surface area contributed by atoms with Gasteiger partial charge in [-0.15, -0.1) is 0 Å². The maximum atomic E-state index is 13.2. The summed E-state index contributed by atoms with van der Waals surface area (Å²) in [4.78, 5) is 19.0. The molecule has 0 aliphatic carbocycles. The van der Waals surface area contributed by atoms with E-state index in [1.54, 1.807) is 19.1 Å². The van der Waals surface area contributed by atoms with Gasteiger partial charge in [0.25, 0.3) is 0 Å². The zero-order valence-electron chi connectivity index (χ0n) is 9.57. The molecule has 0 radical (unpaired) electrons. The summed E-state index contributed by atoms with van der Waals surface area (Å²) < 4.78 is 13.2. The standard InChI is InChI=1S/C13H11FN2O/c1-8-3-4-10(14)6-12(8)13-15-9(2)5-11(7-17)16-13/h3-7H,1-2H3. The first-order valence-electron chi connectivity index (χ1n) is 5.17. The lowest BCUT2D eigenvalue weighted by molar-refractivity contribution is 0.111. The molecule has 0 spiro atoms. The predicted octanol–water partition coefficient (Wildman–Crippen LogP) is 2.71. The molecule has 17 heavy (non-hydrogen) atoms. The van der Waals surface area contributed by atoms with Crippen LogP contribution in [0.1, 0.15) is 21.7 Å². The third kappa shape index (κ3) is 2.36. The van der Waals surface area contributed by atoms with E-state index in [-0.39, 0.29) is 5.82 Å². The topological polar surface area (TPSA) is 42.9 Å². The number of hydrogen-bond donors (Lipinski definition) is 0. The van der Waals surface area contributed by atoms with E-state index in [9.17, 15) is 9.18 Å². The summed E-state index contributed by atoms with van der Waals surface area (Å²) in [6.07, 6.45) is 0.660. The van der Waals surface area contributed by atoms with Gasteiger partial charge in [-0.1, -0.05) is 6.07 Å². The molecule has 86 valence electrons. The van der Waals surface area contributed by atoms with Crippen LogP contribution in [-0.2, 0) is 0 Å². The Morgan fingerprint density at radius 1 is 1.18 bits per heavy atom. The minimum absolute atomic E-state index is 0.302. The Bertz CT molecular complexity index is 582. The Kier molecular flexibility index (Phi) is 2.95. The van der Waals surface area contributed by atoms with E-state index in [1.807, 2.05) is 6.92 Å². The Hall–Kier alpha value is -2.10. The predicted molar refractivity (Wildman–Crippen MR) is 62.3 cm³/mol. The van der Waals surface area contributed by atoms with Crippen LogP contribution >= 0.6 is 0 Å². The Balaban J connectivity index is 2.63. The molecule has 2 aromatic rings. The number of aromatic nitrogens is 2. The monoisotopic (exact) mass is 230 g/mol. The zero-order chi connectivity index (χ0) is 12.4. The molecule has 0 saturated carbocycles. The van der Waals surface area contributed by atoms with Gasteiger partial charge in [-0.3, -0.25) is 4.79 Å². The quantitative estimate of drug-likeness (QED) is 0.745. The molecule has 0 aliphatic rings. The Labute approximate surface area is 98.3 Å². The molecular weight excluding hydrogens is 219 g/mol. The molecule has 0 aliphatic heterocycles. The number of hydrogen-bond acceptors (Lipinski definition) is 3. The van der Waals surface area contributed by atoms with Gasteiger partial charge in [0.1, 0.15) is 11.5 Å². The van der Waals surface area contributed by atoms with Crippen molar-refractivity contribution in [2.24, 2.45) is 0 Å². The van der Waals surface area contributed by atoms with E-state index >= 15 is 0 Å². The summed E-state index contributed by atoms with van der Waals surface area (Å²) in [7, 11) is 0. The van der Waals surface area contributed by atoms with Crippen LogP contribution in [0.3, 0.4) is 0 Å². The smallest absolute Gasteiger partial charge is 0.168 e. The van der Waals surface area contributed by atoms with Crippen LogP contribution in [-0.4, -0.2) is 16.3 Å². The van der Waals surface area contributed by atoms with E-state index < -0.39 is 0 Å². The first-order chi connectivity index (χ1) is 8.10. The second-order valence-corrected chi connectivity index (χ2v) is 3.83. The van der Waals surface area contributed by atoms with Gasteiger partial charge in [-0.25, -0.2) is 14.4 Å². The molecule has 0 saturated heterocycles. The highest BCUT2D eigenvalue weighted by atomic mass is 19.1. The highest BCUT2D eigenvalue weighted by Crippen LogP contribution is 2.21. The zero-order valence-corrected chi connectivity index (χ0v) is 9.57. The number of aldehydes is 1. The van der Waals surface area contributed by atoms with Gasteiger partial charge in [0.05, 0.1) is 0 Å². The normalized spacial score (nSPS) is 10.3. The van der Waals surface area contributed by atoms with Gasteiger partial charge in [-0.05, 0) is 37.6 Å². The summed E-state index contributed by atoms with van der Waals surface area (Å²) in [6, 6.07) is 6.01. The molecule has 0 atom stereocenters.